The molecule has 0 N–H and O–H groups in total. The van der Waals surface area contributed by atoms with Crippen LogP contribution in [0.3, 0.4) is 0 Å². The first-order valence-electron chi connectivity index (χ1n) is 10.3. The van der Waals surface area contributed by atoms with E-state index in [1.54, 1.807) is 29.3 Å². The second-order valence-electron chi connectivity index (χ2n) is 7.39. The summed E-state index contributed by atoms with van der Waals surface area (Å²) in [5, 5.41) is 6.42. The third-order valence-corrected chi connectivity index (χ3v) is 5.55. The maximum Gasteiger partial charge on any atom is 0.259 e. The summed E-state index contributed by atoms with van der Waals surface area (Å²) in [4.78, 5) is 28.3. The molecule has 2 aliphatic rings. The summed E-state index contributed by atoms with van der Waals surface area (Å²) in [5.41, 5.74) is 2.76. The number of imide groups is 1. The van der Waals surface area contributed by atoms with Gasteiger partial charge in [-0.15, -0.1) is 0 Å². The van der Waals surface area contributed by atoms with Gasteiger partial charge < -0.3 is 4.74 Å². The number of hydrogen-bond donors (Lipinski definition) is 0. The number of anilines is 2. The SMILES string of the molecule is CCOc1ccc(N2C(=O)[C@@H]3C(c4ccccc4)=NN(c4ccccc4)[C@@H]3C2=O)cc1. The molecule has 31 heavy (non-hydrogen) atoms. The maximum atomic E-state index is 13.5. The predicted molar refractivity (Wildman–Crippen MR) is 119 cm³/mol. The molecule has 0 bridgehead atoms. The molecule has 6 heteroatoms. The molecule has 6 nitrogen and oxygen atoms in total. The van der Waals surface area contributed by atoms with E-state index >= 15 is 0 Å². The number of fused-ring (bicyclic) bond motifs is 1. The van der Waals surface area contributed by atoms with E-state index in [1.807, 2.05) is 67.6 Å². The highest BCUT2D eigenvalue weighted by atomic mass is 16.5. The molecule has 0 unspecified atom stereocenters. The Morgan fingerprint density at radius 3 is 2.10 bits per heavy atom. The van der Waals surface area contributed by atoms with Crippen LogP contribution in [0.4, 0.5) is 11.4 Å². The van der Waals surface area contributed by atoms with E-state index in [0.717, 1.165) is 11.3 Å². The van der Waals surface area contributed by atoms with Crippen molar-refractivity contribution in [2.45, 2.75) is 13.0 Å². The van der Waals surface area contributed by atoms with E-state index in [1.165, 1.54) is 4.90 Å². The van der Waals surface area contributed by atoms with Crippen molar-refractivity contribution in [1.82, 2.24) is 0 Å². The predicted octanol–water partition coefficient (Wildman–Crippen LogP) is 3.87. The van der Waals surface area contributed by atoms with E-state index in [4.69, 9.17) is 9.84 Å². The molecule has 3 aromatic rings. The average molecular weight is 411 g/mol. The van der Waals surface area contributed by atoms with Gasteiger partial charge in [-0.3, -0.25) is 14.6 Å². The molecule has 1 fully saturated rings. The number of carbonyl (C=O) groups excluding carboxylic acids is 2. The fourth-order valence-electron chi connectivity index (χ4n) is 4.17. The molecule has 2 heterocycles. The van der Waals surface area contributed by atoms with Gasteiger partial charge in [0.15, 0.2) is 0 Å². The summed E-state index contributed by atoms with van der Waals surface area (Å²) in [6.07, 6.45) is 0. The molecule has 2 amide bonds. The quantitative estimate of drug-likeness (QED) is 0.598. The number of benzene rings is 3. The van der Waals surface area contributed by atoms with Gasteiger partial charge in [0.05, 0.1) is 23.7 Å². The zero-order valence-electron chi connectivity index (χ0n) is 17.0. The highest BCUT2D eigenvalue weighted by Gasteiger charge is 2.57. The van der Waals surface area contributed by atoms with Gasteiger partial charge in [0.25, 0.3) is 5.91 Å². The van der Waals surface area contributed by atoms with Crippen LogP contribution < -0.4 is 14.6 Å². The molecule has 2 atom stereocenters. The van der Waals surface area contributed by atoms with Crippen LogP contribution >= 0.6 is 0 Å². The number of rotatable bonds is 5. The first-order chi connectivity index (χ1) is 15.2. The van der Waals surface area contributed by atoms with Crippen molar-refractivity contribution in [2.24, 2.45) is 11.0 Å². The summed E-state index contributed by atoms with van der Waals surface area (Å²) in [6, 6.07) is 25.4. The normalized spacial score (nSPS) is 20.1. The van der Waals surface area contributed by atoms with Gasteiger partial charge in [-0.2, -0.15) is 5.10 Å². The third-order valence-electron chi connectivity index (χ3n) is 5.55. The minimum Gasteiger partial charge on any atom is -0.494 e. The standard InChI is InChI=1S/C25H21N3O3/c1-2-31-20-15-13-18(14-16-20)27-24(29)21-22(17-9-5-3-6-10-17)26-28(23(21)25(27)30)19-11-7-4-8-12-19/h3-16,21,23H,2H2,1H3/t21-,23+/m1/s1. The average Bonchev–Trinajstić information content (AvgIpc) is 3.33. The number of carbonyl (C=O) groups is 2. The molecule has 0 radical (unpaired) electrons. The van der Waals surface area contributed by atoms with Gasteiger partial charge in [0.2, 0.25) is 5.91 Å². The number of hydrogen-bond acceptors (Lipinski definition) is 5. The van der Waals surface area contributed by atoms with Crippen molar-refractivity contribution < 1.29 is 14.3 Å². The van der Waals surface area contributed by atoms with Crippen LogP contribution in [0.25, 0.3) is 0 Å². The molecule has 0 aliphatic carbocycles. The molecule has 3 aromatic carbocycles. The number of para-hydroxylation sites is 1. The monoisotopic (exact) mass is 411 g/mol. The Bertz CT molecular complexity index is 1140. The van der Waals surface area contributed by atoms with Crippen molar-refractivity contribution in [2.75, 3.05) is 16.5 Å². The van der Waals surface area contributed by atoms with Gasteiger partial charge >= 0.3 is 0 Å². The topological polar surface area (TPSA) is 62.2 Å². The van der Waals surface area contributed by atoms with Crippen LogP contribution in [-0.4, -0.2) is 30.2 Å². The van der Waals surface area contributed by atoms with Crippen LogP contribution in [0.2, 0.25) is 0 Å². The Kier molecular flexibility index (Phi) is 4.75. The highest BCUT2D eigenvalue weighted by molar-refractivity contribution is 6.34. The summed E-state index contributed by atoms with van der Waals surface area (Å²) >= 11 is 0. The lowest BCUT2D eigenvalue weighted by atomic mass is 9.93. The minimum absolute atomic E-state index is 0.264. The van der Waals surface area contributed by atoms with Crippen LogP contribution in [0.5, 0.6) is 5.75 Å². The zero-order valence-corrected chi connectivity index (χ0v) is 17.0. The lowest BCUT2D eigenvalue weighted by Gasteiger charge is -2.22. The molecule has 1 saturated heterocycles. The largest absolute Gasteiger partial charge is 0.494 e. The number of nitrogens with zero attached hydrogens (tertiary/aromatic N) is 3. The number of hydrazone groups is 1. The summed E-state index contributed by atoms with van der Waals surface area (Å²) in [7, 11) is 0. The smallest absolute Gasteiger partial charge is 0.259 e. The Morgan fingerprint density at radius 2 is 1.45 bits per heavy atom. The van der Waals surface area contributed by atoms with Crippen LogP contribution in [0.1, 0.15) is 12.5 Å². The first kappa shape index (κ1) is 19.1. The summed E-state index contributed by atoms with van der Waals surface area (Å²) in [5.74, 6) is -0.512. The van der Waals surface area contributed by atoms with E-state index in [2.05, 4.69) is 0 Å². The van der Waals surface area contributed by atoms with Crippen molar-refractivity contribution in [3.8, 4) is 5.75 Å². The minimum atomic E-state index is -0.711. The van der Waals surface area contributed by atoms with Gasteiger partial charge in [0.1, 0.15) is 17.7 Å². The molecular formula is C25H21N3O3. The third kappa shape index (κ3) is 3.17. The van der Waals surface area contributed by atoms with E-state index in [9.17, 15) is 9.59 Å². The first-order valence-corrected chi connectivity index (χ1v) is 10.3. The van der Waals surface area contributed by atoms with Gasteiger partial charge in [-0.05, 0) is 48.9 Å². The van der Waals surface area contributed by atoms with E-state index < -0.39 is 12.0 Å². The highest BCUT2D eigenvalue weighted by Crippen LogP contribution is 2.39. The molecule has 2 aliphatic heterocycles. The fraction of sp³-hybridized carbons (Fsp3) is 0.160. The van der Waals surface area contributed by atoms with Crippen LogP contribution in [-0.2, 0) is 9.59 Å². The van der Waals surface area contributed by atoms with Gasteiger partial charge in [-0.1, -0.05) is 48.5 Å². The lowest BCUT2D eigenvalue weighted by molar-refractivity contribution is -0.121. The van der Waals surface area contributed by atoms with Gasteiger partial charge in [0, 0.05) is 0 Å². The van der Waals surface area contributed by atoms with Crippen LogP contribution in [0, 0.1) is 5.92 Å². The number of amides is 2. The van der Waals surface area contributed by atoms with Crippen molar-refractivity contribution in [1.29, 1.82) is 0 Å². The van der Waals surface area contributed by atoms with Gasteiger partial charge in [-0.25, -0.2) is 4.90 Å². The lowest BCUT2D eigenvalue weighted by Crippen LogP contribution is -2.39. The second-order valence-corrected chi connectivity index (χ2v) is 7.39. The molecular weight excluding hydrogens is 390 g/mol. The van der Waals surface area contributed by atoms with Crippen molar-refractivity contribution in [3.63, 3.8) is 0 Å². The molecule has 154 valence electrons. The van der Waals surface area contributed by atoms with E-state index in [-0.39, 0.29) is 11.8 Å². The van der Waals surface area contributed by atoms with Crippen molar-refractivity contribution >= 4 is 28.9 Å². The summed E-state index contributed by atoms with van der Waals surface area (Å²) in [6.45, 7) is 2.46. The summed E-state index contributed by atoms with van der Waals surface area (Å²) < 4.78 is 5.49. The second kappa shape index (κ2) is 7.72. The van der Waals surface area contributed by atoms with Crippen LogP contribution in [0.15, 0.2) is 90.0 Å². The van der Waals surface area contributed by atoms with E-state index in [0.29, 0.717) is 23.8 Å². The maximum absolute atomic E-state index is 13.5. The molecule has 0 spiro atoms. The Labute approximate surface area is 180 Å². The Morgan fingerprint density at radius 1 is 0.806 bits per heavy atom. The van der Waals surface area contributed by atoms with Crippen molar-refractivity contribution in [3.05, 3.63) is 90.5 Å². The molecule has 0 saturated carbocycles. The molecule has 0 aromatic heterocycles. The zero-order chi connectivity index (χ0) is 21.4. The fourth-order valence-corrected chi connectivity index (χ4v) is 4.17. The Balaban J connectivity index is 1.57. The molecule has 5 rings (SSSR count). The number of ether oxygens (including phenoxy) is 1. The Hall–Kier alpha value is -3.93.